The van der Waals surface area contributed by atoms with Crippen LogP contribution in [0.1, 0.15) is 25.3 Å². The van der Waals surface area contributed by atoms with Crippen molar-refractivity contribution in [3.8, 4) is 0 Å². The molecule has 2 rings (SSSR count). The van der Waals surface area contributed by atoms with Gasteiger partial charge in [0.2, 0.25) is 0 Å². The maximum absolute atomic E-state index is 5.50. The van der Waals surface area contributed by atoms with Gasteiger partial charge in [0.15, 0.2) is 4.47 Å². The monoisotopic (exact) mass is 292 g/mol. The molecule has 0 aliphatic rings. The Bertz CT molecular complexity index is 375. The van der Waals surface area contributed by atoms with Crippen molar-refractivity contribution in [2.24, 2.45) is 0 Å². The molecule has 2 heterocycles. The second-order valence-corrected chi connectivity index (χ2v) is 5.09. The molecule has 0 atom stereocenters. The number of rotatable bonds is 0. The Labute approximate surface area is 118 Å². The molecule has 0 unspecified atom stereocenters. The summed E-state index contributed by atoms with van der Waals surface area (Å²) in [6.07, 6.45) is 3.50. The minimum absolute atomic E-state index is 0. The van der Waals surface area contributed by atoms with E-state index in [0.29, 0.717) is 9.62 Å². The van der Waals surface area contributed by atoms with Crippen molar-refractivity contribution in [1.29, 1.82) is 0 Å². The van der Waals surface area contributed by atoms with Gasteiger partial charge in [-0.25, -0.2) is 9.97 Å². The van der Waals surface area contributed by atoms with Gasteiger partial charge in [0.25, 0.3) is 0 Å². The lowest BCUT2D eigenvalue weighted by molar-refractivity contribution is 1.27. The lowest BCUT2D eigenvalue weighted by Gasteiger charge is -1.87. The van der Waals surface area contributed by atoms with Crippen LogP contribution in [0.5, 0.6) is 0 Å². The van der Waals surface area contributed by atoms with Gasteiger partial charge in [-0.15, -0.1) is 11.3 Å². The summed E-state index contributed by atoms with van der Waals surface area (Å²) < 4.78 is 0.623. The summed E-state index contributed by atoms with van der Waals surface area (Å²) in [7, 11) is 0. The summed E-state index contributed by atoms with van der Waals surface area (Å²) in [4.78, 5) is 8.80. The van der Waals surface area contributed by atoms with Gasteiger partial charge in [-0.05, 0) is 25.5 Å². The van der Waals surface area contributed by atoms with Crippen LogP contribution in [0.15, 0.2) is 24.5 Å². The quantitative estimate of drug-likeness (QED) is 0.606. The molecule has 0 N–H and O–H groups in total. The third kappa shape index (κ3) is 8.13. The third-order valence-electron chi connectivity index (χ3n) is 1.47. The predicted octanol–water partition coefficient (Wildman–Crippen LogP) is 5.42. The number of hydrogen-bond donors (Lipinski definition) is 0. The van der Waals surface area contributed by atoms with Crippen LogP contribution >= 0.6 is 34.5 Å². The second kappa shape index (κ2) is 9.40. The maximum Gasteiger partial charge on any atom is 0.183 e. The molecule has 2 nitrogen and oxygen atoms in total. The van der Waals surface area contributed by atoms with E-state index in [9.17, 15) is 0 Å². The van der Waals surface area contributed by atoms with Crippen LogP contribution in [0, 0.1) is 13.8 Å². The Balaban J connectivity index is 0. The molecule has 0 saturated heterocycles. The van der Waals surface area contributed by atoms with E-state index in [1.807, 2.05) is 19.9 Å². The summed E-state index contributed by atoms with van der Waals surface area (Å²) >= 11 is 12.5. The second-order valence-electron chi connectivity index (χ2n) is 2.88. The molecule has 0 spiro atoms. The van der Waals surface area contributed by atoms with Crippen molar-refractivity contribution < 1.29 is 0 Å². The SMILES string of the molecule is C.C.Cc1ccc(Cl)nc1.Cc1cnc(Cl)s1. The summed E-state index contributed by atoms with van der Waals surface area (Å²) in [6, 6.07) is 3.70. The van der Waals surface area contributed by atoms with Gasteiger partial charge >= 0.3 is 0 Å². The van der Waals surface area contributed by atoms with Crippen molar-refractivity contribution in [2.45, 2.75) is 28.7 Å². The molecular weight excluding hydrogens is 275 g/mol. The van der Waals surface area contributed by atoms with Gasteiger partial charge in [0, 0.05) is 17.3 Å². The van der Waals surface area contributed by atoms with Crippen LogP contribution in [0.3, 0.4) is 0 Å². The number of aromatic nitrogens is 2. The smallest absolute Gasteiger partial charge is 0.183 e. The molecule has 5 heteroatoms. The first-order valence-corrected chi connectivity index (χ1v) is 5.81. The van der Waals surface area contributed by atoms with Crippen molar-refractivity contribution >= 4 is 34.5 Å². The largest absolute Gasteiger partial charge is 0.244 e. The average Bonchev–Trinajstić information content (AvgIpc) is 2.56. The normalized spacial score (nSPS) is 8.24. The fraction of sp³-hybridized carbons (Fsp3) is 0.333. The molecule has 0 aliphatic heterocycles. The van der Waals surface area contributed by atoms with E-state index < -0.39 is 0 Å². The number of hydrogen-bond acceptors (Lipinski definition) is 3. The molecule has 2 aromatic heterocycles. The molecule has 0 saturated carbocycles. The molecule has 0 bridgehead atoms. The van der Waals surface area contributed by atoms with Gasteiger partial charge in [-0.2, -0.15) is 0 Å². The van der Waals surface area contributed by atoms with Crippen LogP contribution in [-0.2, 0) is 0 Å². The topological polar surface area (TPSA) is 25.8 Å². The molecule has 0 aliphatic carbocycles. The zero-order chi connectivity index (χ0) is 11.3. The Morgan fingerprint density at radius 1 is 1.00 bits per heavy atom. The van der Waals surface area contributed by atoms with Crippen LogP contribution < -0.4 is 0 Å². The van der Waals surface area contributed by atoms with E-state index in [1.54, 1.807) is 18.5 Å². The van der Waals surface area contributed by atoms with Crippen LogP contribution in [0.2, 0.25) is 9.62 Å². The fourth-order valence-electron chi connectivity index (χ4n) is 0.777. The minimum Gasteiger partial charge on any atom is -0.244 e. The Morgan fingerprint density at radius 2 is 1.65 bits per heavy atom. The third-order valence-corrected chi connectivity index (χ3v) is 2.72. The standard InChI is InChI=1S/C6H6ClN.C4H4ClNS.2CH4/c1-5-2-3-6(7)8-4-5;1-3-2-6-4(5)7-3;;/h2-4H,1H3;2H,1H3;2*1H4. The highest BCUT2D eigenvalue weighted by molar-refractivity contribution is 7.15. The van der Waals surface area contributed by atoms with E-state index in [2.05, 4.69) is 9.97 Å². The van der Waals surface area contributed by atoms with E-state index >= 15 is 0 Å². The lowest BCUT2D eigenvalue weighted by atomic mass is 10.3. The fourth-order valence-corrected chi connectivity index (χ4v) is 1.78. The number of aryl methyl sites for hydroxylation is 2. The first-order chi connectivity index (χ1) is 7.08. The lowest BCUT2D eigenvalue weighted by Crippen LogP contribution is -1.73. The molecule has 2 aromatic rings. The number of halogens is 2. The van der Waals surface area contributed by atoms with Gasteiger partial charge in [-0.1, -0.05) is 44.1 Å². The molecule has 0 amide bonds. The molecule has 17 heavy (non-hydrogen) atoms. The predicted molar refractivity (Wildman–Crippen MR) is 79.3 cm³/mol. The number of nitrogens with zero attached hydrogens (tertiary/aromatic N) is 2. The van der Waals surface area contributed by atoms with Gasteiger partial charge in [0.05, 0.1) is 0 Å². The summed E-state index contributed by atoms with van der Waals surface area (Å²) in [5.41, 5.74) is 1.13. The Kier molecular flexibility index (Phi) is 10.3. The molecule has 0 radical (unpaired) electrons. The number of pyridine rings is 1. The highest BCUT2D eigenvalue weighted by Crippen LogP contribution is 2.15. The Hall–Kier alpha value is -0.640. The van der Waals surface area contributed by atoms with Crippen LogP contribution in [0.25, 0.3) is 0 Å². The zero-order valence-corrected chi connectivity index (χ0v) is 10.7. The molecular formula is C12H18Cl2N2S. The summed E-state index contributed by atoms with van der Waals surface area (Å²) in [6.45, 7) is 3.95. The van der Waals surface area contributed by atoms with Gasteiger partial charge < -0.3 is 0 Å². The van der Waals surface area contributed by atoms with E-state index in [1.165, 1.54) is 11.3 Å². The van der Waals surface area contributed by atoms with Crippen molar-refractivity contribution in [1.82, 2.24) is 9.97 Å². The summed E-state index contributed by atoms with van der Waals surface area (Å²) in [5, 5.41) is 0.551. The van der Waals surface area contributed by atoms with Gasteiger partial charge in [0.1, 0.15) is 5.15 Å². The first kappa shape index (κ1) is 18.7. The first-order valence-electron chi connectivity index (χ1n) is 4.24. The van der Waals surface area contributed by atoms with Gasteiger partial charge in [-0.3, -0.25) is 0 Å². The summed E-state index contributed by atoms with van der Waals surface area (Å²) in [5.74, 6) is 0. The molecule has 96 valence electrons. The van der Waals surface area contributed by atoms with E-state index in [4.69, 9.17) is 23.2 Å². The average molecular weight is 293 g/mol. The Morgan fingerprint density at radius 3 is 1.88 bits per heavy atom. The number of thiazole rings is 1. The molecule has 0 fully saturated rings. The van der Waals surface area contributed by atoms with E-state index in [-0.39, 0.29) is 14.9 Å². The highest BCUT2D eigenvalue weighted by Gasteiger charge is 1.88. The van der Waals surface area contributed by atoms with Crippen molar-refractivity contribution in [3.63, 3.8) is 0 Å². The minimum atomic E-state index is 0. The highest BCUT2D eigenvalue weighted by atomic mass is 35.5. The maximum atomic E-state index is 5.50. The van der Waals surface area contributed by atoms with E-state index in [0.717, 1.165) is 10.4 Å². The van der Waals surface area contributed by atoms with Crippen molar-refractivity contribution in [2.75, 3.05) is 0 Å². The van der Waals surface area contributed by atoms with Crippen LogP contribution in [0.4, 0.5) is 0 Å². The zero-order valence-electron chi connectivity index (χ0n) is 8.37. The van der Waals surface area contributed by atoms with Crippen LogP contribution in [-0.4, -0.2) is 9.97 Å². The van der Waals surface area contributed by atoms with Crippen molar-refractivity contribution in [3.05, 3.63) is 44.6 Å². The molecule has 0 aromatic carbocycles.